The van der Waals surface area contributed by atoms with E-state index < -0.39 is 0 Å². The number of aryl methyl sites for hydroxylation is 4. The quantitative estimate of drug-likeness (QED) is 0.737. The fourth-order valence-electron chi connectivity index (χ4n) is 3.77. The molecule has 1 aliphatic rings. The van der Waals surface area contributed by atoms with E-state index >= 15 is 0 Å². The summed E-state index contributed by atoms with van der Waals surface area (Å²) in [6, 6.07) is 7.64. The molecule has 1 aliphatic heterocycles. The molecule has 3 heterocycles. The van der Waals surface area contributed by atoms with Crippen LogP contribution in [0.2, 0.25) is 0 Å². The second-order valence-electron chi connectivity index (χ2n) is 7.82. The fraction of sp³-hybridized carbons (Fsp3) is 0.409. The summed E-state index contributed by atoms with van der Waals surface area (Å²) >= 11 is 0. The molecule has 4 rings (SSSR count). The number of carbonyl (C=O) groups is 1. The van der Waals surface area contributed by atoms with E-state index in [-0.39, 0.29) is 11.8 Å². The molecule has 0 saturated carbocycles. The molecule has 0 spiro atoms. The van der Waals surface area contributed by atoms with Gasteiger partial charge >= 0.3 is 0 Å². The number of rotatable bonds is 3. The highest BCUT2D eigenvalue weighted by Crippen LogP contribution is 2.23. The van der Waals surface area contributed by atoms with Crippen molar-refractivity contribution < 1.29 is 4.79 Å². The third-order valence-electron chi connectivity index (χ3n) is 5.39. The van der Waals surface area contributed by atoms with E-state index in [9.17, 15) is 4.79 Å². The molecule has 1 aromatic carbocycles. The van der Waals surface area contributed by atoms with Crippen molar-refractivity contribution in [3.8, 4) is 0 Å². The van der Waals surface area contributed by atoms with Crippen LogP contribution in [0.3, 0.4) is 0 Å². The van der Waals surface area contributed by atoms with E-state index in [0.717, 1.165) is 58.9 Å². The summed E-state index contributed by atoms with van der Waals surface area (Å²) in [5.41, 5.74) is 6.09. The van der Waals surface area contributed by atoms with E-state index in [0.29, 0.717) is 12.5 Å². The van der Waals surface area contributed by atoms with Crippen molar-refractivity contribution in [1.29, 1.82) is 0 Å². The standard InChI is InChI=1S/C22H26N6O/c1-13-10-14(2)24-22(23-13)28-9-5-6-17(12-28)21(29)27-18-7-8-19-20(11-18)26-16(4)15(3)25-19/h7-8,10-11,17H,5-6,9,12H2,1-4H3,(H,27,29)/t17-/m0/s1. The molecule has 0 bridgehead atoms. The lowest BCUT2D eigenvalue weighted by Crippen LogP contribution is -2.41. The highest BCUT2D eigenvalue weighted by Gasteiger charge is 2.27. The molecule has 2 aromatic heterocycles. The van der Waals surface area contributed by atoms with Gasteiger partial charge in [0.05, 0.1) is 28.3 Å². The predicted molar refractivity (Wildman–Crippen MR) is 114 cm³/mol. The minimum Gasteiger partial charge on any atom is -0.340 e. The molecule has 1 amide bonds. The maximum atomic E-state index is 12.9. The van der Waals surface area contributed by atoms with Crippen LogP contribution >= 0.6 is 0 Å². The van der Waals surface area contributed by atoms with Crippen molar-refractivity contribution >= 4 is 28.6 Å². The first kappa shape index (κ1) is 19.2. The Hall–Kier alpha value is -3.09. The highest BCUT2D eigenvalue weighted by atomic mass is 16.1. The summed E-state index contributed by atoms with van der Waals surface area (Å²) in [4.78, 5) is 33.3. The number of amides is 1. The number of hydrogen-bond acceptors (Lipinski definition) is 6. The van der Waals surface area contributed by atoms with Gasteiger partial charge in [-0.1, -0.05) is 0 Å². The van der Waals surface area contributed by atoms with E-state index in [1.54, 1.807) is 0 Å². The van der Waals surface area contributed by atoms with Crippen LogP contribution in [0, 0.1) is 33.6 Å². The lowest BCUT2D eigenvalue weighted by Gasteiger charge is -2.32. The zero-order chi connectivity index (χ0) is 20.5. The molecule has 0 radical (unpaired) electrons. The monoisotopic (exact) mass is 390 g/mol. The topological polar surface area (TPSA) is 83.9 Å². The second kappa shape index (κ2) is 7.73. The lowest BCUT2D eigenvalue weighted by molar-refractivity contribution is -0.120. The van der Waals surface area contributed by atoms with Crippen LogP contribution in [0.1, 0.15) is 35.6 Å². The van der Waals surface area contributed by atoms with Crippen LogP contribution < -0.4 is 10.2 Å². The van der Waals surface area contributed by atoms with Crippen LogP contribution in [-0.2, 0) is 4.79 Å². The Morgan fingerprint density at radius 2 is 1.66 bits per heavy atom. The summed E-state index contributed by atoms with van der Waals surface area (Å²) in [5.74, 6) is 0.636. The van der Waals surface area contributed by atoms with E-state index in [2.05, 4.69) is 30.2 Å². The van der Waals surface area contributed by atoms with Crippen molar-refractivity contribution in [2.45, 2.75) is 40.5 Å². The van der Waals surface area contributed by atoms with Crippen molar-refractivity contribution in [3.05, 3.63) is 47.0 Å². The van der Waals surface area contributed by atoms with Gasteiger partial charge in [-0.25, -0.2) is 19.9 Å². The largest absolute Gasteiger partial charge is 0.340 e. The average molecular weight is 390 g/mol. The van der Waals surface area contributed by atoms with Crippen molar-refractivity contribution in [2.24, 2.45) is 5.92 Å². The van der Waals surface area contributed by atoms with Gasteiger partial charge in [0.25, 0.3) is 0 Å². The Labute approximate surface area is 170 Å². The minimum atomic E-state index is -0.102. The Kier molecular flexibility index (Phi) is 5.13. The number of piperidine rings is 1. The molecule has 1 N–H and O–H groups in total. The van der Waals surface area contributed by atoms with Crippen LogP contribution in [0.25, 0.3) is 11.0 Å². The molecular weight excluding hydrogens is 364 g/mol. The maximum Gasteiger partial charge on any atom is 0.229 e. The minimum absolute atomic E-state index is 0.0233. The van der Waals surface area contributed by atoms with Crippen LogP contribution in [0.4, 0.5) is 11.6 Å². The molecule has 0 unspecified atom stereocenters. The molecule has 7 heteroatoms. The first-order valence-electron chi connectivity index (χ1n) is 10.0. The van der Waals surface area contributed by atoms with Gasteiger partial charge in [-0.3, -0.25) is 4.79 Å². The number of nitrogens with one attached hydrogen (secondary N) is 1. The molecule has 7 nitrogen and oxygen atoms in total. The molecule has 0 aliphatic carbocycles. The molecule has 29 heavy (non-hydrogen) atoms. The lowest BCUT2D eigenvalue weighted by atomic mass is 9.97. The molecule has 1 atom stereocenters. The summed E-state index contributed by atoms with van der Waals surface area (Å²) in [7, 11) is 0. The Balaban J connectivity index is 1.49. The maximum absolute atomic E-state index is 12.9. The zero-order valence-corrected chi connectivity index (χ0v) is 17.4. The molecule has 1 fully saturated rings. The van der Waals surface area contributed by atoms with E-state index in [4.69, 9.17) is 0 Å². The first-order valence-corrected chi connectivity index (χ1v) is 10.0. The zero-order valence-electron chi connectivity index (χ0n) is 17.4. The number of aromatic nitrogens is 4. The SMILES string of the molecule is Cc1cc(C)nc(N2CCC[C@H](C(=O)Nc3ccc4nc(C)c(C)nc4c3)C2)n1. The van der Waals surface area contributed by atoms with Crippen molar-refractivity contribution in [1.82, 2.24) is 19.9 Å². The van der Waals surface area contributed by atoms with Crippen LogP contribution in [-0.4, -0.2) is 38.9 Å². The Morgan fingerprint density at radius 1 is 0.966 bits per heavy atom. The van der Waals surface area contributed by atoms with Crippen LogP contribution in [0.15, 0.2) is 24.3 Å². The van der Waals surface area contributed by atoms with Gasteiger partial charge in [0.2, 0.25) is 11.9 Å². The Morgan fingerprint density at radius 3 is 2.38 bits per heavy atom. The van der Waals surface area contributed by atoms with Crippen molar-refractivity contribution in [2.75, 3.05) is 23.3 Å². The van der Waals surface area contributed by atoms with Gasteiger partial charge in [-0.2, -0.15) is 0 Å². The number of benzene rings is 1. The van der Waals surface area contributed by atoms with Gasteiger partial charge in [-0.15, -0.1) is 0 Å². The first-order chi connectivity index (χ1) is 13.9. The summed E-state index contributed by atoms with van der Waals surface area (Å²) < 4.78 is 0. The average Bonchev–Trinajstić information content (AvgIpc) is 2.68. The van der Waals surface area contributed by atoms with E-state index in [1.165, 1.54) is 0 Å². The highest BCUT2D eigenvalue weighted by molar-refractivity contribution is 5.94. The third kappa shape index (κ3) is 4.18. The van der Waals surface area contributed by atoms with Gasteiger partial charge in [0, 0.05) is 30.2 Å². The summed E-state index contributed by atoms with van der Waals surface area (Å²) in [6.07, 6.45) is 1.80. The molecule has 150 valence electrons. The summed E-state index contributed by atoms with van der Waals surface area (Å²) in [6.45, 7) is 9.33. The van der Waals surface area contributed by atoms with Gasteiger partial charge in [0.15, 0.2) is 0 Å². The number of anilines is 2. The summed E-state index contributed by atoms with van der Waals surface area (Å²) in [5, 5.41) is 3.06. The normalized spacial score (nSPS) is 16.8. The number of fused-ring (bicyclic) bond motifs is 1. The third-order valence-corrected chi connectivity index (χ3v) is 5.39. The molecule has 1 saturated heterocycles. The molecule has 3 aromatic rings. The number of hydrogen-bond donors (Lipinski definition) is 1. The fourth-order valence-corrected chi connectivity index (χ4v) is 3.77. The van der Waals surface area contributed by atoms with Gasteiger partial charge in [-0.05, 0) is 64.8 Å². The predicted octanol–water partition coefficient (Wildman–Crippen LogP) is 3.51. The van der Waals surface area contributed by atoms with Crippen molar-refractivity contribution in [3.63, 3.8) is 0 Å². The van der Waals surface area contributed by atoms with Gasteiger partial charge < -0.3 is 10.2 Å². The van der Waals surface area contributed by atoms with Gasteiger partial charge in [0.1, 0.15) is 0 Å². The van der Waals surface area contributed by atoms with Crippen LogP contribution in [0.5, 0.6) is 0 Å². The molecular formula is C22H26N6O. The smallest absolute Gasteiger partial charge is 0.229 e. The number of carbonyl (C=O) groups excluding carboxylic acids is 1. The van der Waals surface area contributed by atoms with E-state index in [1.807, 2.05) is 52.0 Å². The Bertz CT molecular complexity index is 1060. The second-order valence-corrected chi connectivity index (χ2v) is 7.82. The number of nitrogens with zero attached hydrogens (tertiary/aromatic N) is 5.